The molecule has 0 unspecified atom stereocenters. The number of pyridine rings is 1. The van der Waals surface area contributed by atoms with Crippen LogP contribution in [0.2, 0.25) is 0 Å². The molecule has 0 spiro atoms. The van der Waals surface area contributed by atoms with Gasteiger partial charge in [0.15, 0.2) is 0 Å². The molecule has 5 heteroatoms. The number of fused-ring (bicyclic) bond motifs is 1. The van der Waals surface area contributed by atoms with Crippen molar-refractivity contribution in [1.29, 1.82) is 0 Å². The average molecular weight is 331 g/mol. The van der Waals surface area contributed by atoms with E-state index in [9.17, 15) is 4.79 Å². The first kappa shape index (κ1) is 15.3. The molecule has 0 aliphatic carbocycles. The number of nitrogens with zero attached hydrogens (tertiary/aromatic N) is 3. The summed E-state index contributed by atoms with van der Waals surface area (Å²) in [5.41, 5.74) is 3.09. The summed E-state index contributed by atoms with van der Waals surface area (Å²) in [7, 11) is 0. The molecule has 4 rings (SSSR count). The monoisotopic (exact) mass is 331 g/mol. The summed E-state index contributed by atoms with van der Waals surface area (Å²) in [4.78, 5) is 16.5. The van der Waals surface area contributed by atoms with Gasteiger partial charge >= 0.3 is 5.76 Å². The number of aromatic nitrogens is 3. The van der Waals surface area contributed by atoms with E-state index in [4.69, 9.17) is 4.42 Å². The van der Waals surface area contributed by atoms with E-state index in [0.717, 1.165) is 22.9 Å². The molecule has 0 aliphatic rings. The van der Waals surface area contributed by atoms with Crippen LogP contribution in [0, 0.1) is 0 Å². The molecule has 0 saturated heterocycles. The third-order valence-electron chi connectivity index (χ3n) is 4.17. The van der Waals surface area contributed by atoms with Crippen molar-refractivity contribution in [3.63, 3.8) is 0 Å². The van der Waals surface area contributed by atoms with E-state index in [1.54, 1.807) is 6.20 Å². The van der Waals surface area contributed by atoms with Crippen LogP contribution in [0.1, 0.15) is 17.0 Å². The number of rotatable bonds is 5. The second-order valence-corrected chi connectivity index (χ2v) is 5.89. The summed E-state index contributed by atoms with van der Waals surface area (Å²) in [6, 6.07) is 19.9. The molecule has 0 bridgehead atoms. The second kappa shape index (κ2) is 6.73. The Balaban J connectivity index is 1.55. The van der Waals surface area contributed by atoms with E-state index in [-0.39, 0.29) is 0 Å². The summed E-state index contributed by atoms with van der Waals surface area (Å²) in [6.07, 6.45) is 3.15. The fraction of sp³-hybridized carbons (Fsp3) is 0.150. The molecule has 5 nitrogen and oxygen atoms in total. The maximum absolute atomic E-state index is 12.1. The lowest BCUT2D eigenvalue weighted by atomic mass is 10.1. The number of aryl methyl sites for hydroxylation is 2. The maximum Gasteiger partial charge on any atom is 0.437 e. The van der Waals surface area contributed by atoms with Gasteiger partial charge in [-0.25, -0.2) is 4.79 Å². The predicted molar refractivity (Wildman–Crippen MR) is 95.5 cm³/mol. The molecule has 25 heavy (non-hydrogen) atoms. The van der Waals surface area contributed by atoms with Gasteiger partial charge in [0.25, 0.3) is 0 Å². The van der Waals surface area contributed by atoms with Crippen LogP contribution < -0.4 is 5.76 Å². The minimum atomic E-state index is -0.427. The summed E-state index contributed by atoms with van der Waals surface area (Å²) >= 11 is 0. The zero-order chi connectivity index (χ0) is 17.1. The Hall–Kier alpha value is -3.21. The van der Waals surface area contributed by atoms with Crippen molar-refractivity contribution in [2.45, 2.75) is 19.4 Å². The smallest absolute Gasteiger partial charge is 0.392 e. The first-order valence-corrected chi connectivity index (χ1v) is 8.23. The molecule has 0 N–H and O–H groups in total. The van der Waals surface area contributed by atoms with Gasteiger partial charge in [0.1, 0.15) is 0 Å². The highest BCUT2D eigenvalue weighted by Crippen LogP contribution is 2.17. The number of benzene rings is 2. The van der Waals surface area contributed by atoms with Crippen molar-refractivity contribution < 1.29 is 4.42 Å². The van der Waals surface area contributed by atoms with Gasteiger partial charge in [-0.2, -0.15) is 4.68 Å². The molecule has 0 amide bonds. The molecule has 0 saturated carbocycles. The van der Waals surface area contributed by atoms with Crippen molar-refractivity contribution in [1.82, 2.24) is 14.8 Å². The number of hydrogen-bond acceptors (Lipinski definition) is 4. The van der Waals surface area contributed by atoms with E-state index < -0.39 is 5.76 Å². The Morgan fingerprint density at radius 2 is 1.80 bits per heavy atom. The molecule has 124 valence electrons. The summed E-state index contributed by atoms with van der Waals surface area (Å²) in [5.74, 6) is 0.0381. The van der Waals surface area contributed by atoms with Crippen molar-refractivity contribution in [3.05, 3.63) is 94.4 Å². The van der Waals surface area contributed by atoms with Crippen molar-refractivity contribution in [2.75, 3.05) is 0 Å². The third kappa shape index (κ3) is 3.35. The Morgan fingerprint density at radius 3 is 2.68 bits per heavy atom. The van der Waals surface area contributed by atoms with Gasteiger partial charge in [0.2, 0.25) is 5.89 Å². The average Bonchev–Trinajstić information content (AvgIpc) is 3.01. The molecular weight excluding hydrogens is 314 g/mol. The first-order chi connectivity index (χ1) is 12.3. The van der Waals surface area contributed by atoms with Gasteiger partial charge in [0, 0.05) is 18.0 Å². The summed E-state index contributed by atoms with van der Waals surface area (Å²) in [6.45, 7) is 0.372. The Bertz CT molecular complexity index is 1050. The van der Waals surface area contributed by atoms with Crippen LogP contribution in [0.3, 0.4) is 0 Å². The van der Waals surface area contributed by atoms with Crippen LogP contribution in [0.5, 0.6) is 0 Å². The van der Waals surface area contributed by atoms with Gasteiger partial charge < -0.3 is 4.42 Å². The Kier molecular flexibility index (Phi) is 4.12. The highest BCUT2D eigenvalue weighted by atomic mass is 16.4. The quantitative estimate of drug-likeness (QED) is 0.563. The van der Waals surface area contributed by atoms with Crippen LogP contribution in [0.25, 0.3) is 10.9 Å². The molecule has 0 radical (unpaired) electrons. The lowest BCUT2D eigenvalue weighted by Crippen LogP contribution is -2.16. The molecule has 0 aliphatic heterocycles. The van der Waals surface area contributed by atoms with E-state index in [1.165, 1.54) is 10.2 Å². The van der Waals surface area contributed by atoms with Gasteiger partial charge in [-0.3, -0.25) is 4.98 Å². The van der Waals surface area contributed by atoms with Crippen molar-refractivity contribution in [2.24, 2.45) is 0 Å². The van der Waals surface area contributed by atoms with Gasteiger partial charge in [-0.05, 0) is 29.7 Å². The Morgan fingerprint density at radius 1 is 0.920 bits per heavy atom. The molecular formula is C20H17N3O2. The van der Waals surface area contributed by atoms with Crippen LogP contribution in [0.4, 0.5) is 0 Å². The Labute approximate surface area is 144 Å². The SMILES string of the molecule is O=c1oc(CCc2ccccc2)nn1Cc1cccc2ncccc12. The fourth-order valence-corrected chi connectivity index (χ4v) is 2.91. The zero-order valence-electron chi connectivity index (χ0n) is 13.6. The molecule has 2 aromatic heterocycles. The minimum Gasteiger partial charge on any atom is -0.392 e. The third-order valence-corrected chi connectivity index (χ3v) is 4.17. The highest BCUT2D eigenvalue weighted by molar-refractivity contribution is 5.81. The van der Waals surface area contributed by atoms with Crippen molar-refractivity contribution >= 4 is 10.9 Å². The lowest BCUT2D eigenvalue weighted by Gasteiger charge is -2.04. The summed E-state index contributed by atoms with van der Waals surface area (Å²) in [5, 5.41) is 5.36. The lowest BCUT2D eigenvalue weighted by molar-refractivity contribution is 0.450. The van der Waals surface area contributed by atoms with Gasteiger partial charge in [-0.15, -0.1) is 5.10 Å². The van der Waals surface area contributed by atoms with E-state index >= 15 is 0 Å². The van der Waals surface area contributed by atoms with Gasteiger partial charge in [-0.1, -0.05) is 48.5 Å². The van der Waals surface area contributed by atoms with Crippen LogP contribution >= 0.6 is 0 Å². The van der Waals surface area contributed by atoms with Crippen LogP contribution in [0.15, 0.2) is 76.1 Å². The molecule has 0 atom stereocenters. The molecule has 0 fully saturated rings. The second-order valence-electron chi connectivity index (χ2n) is 5.89. The largest absolute Gasteiger partial charge is 0.437 e. The molecule has 4 aromatic rings. The van der Waals surface area contributed by atoms with Crippen LogP contribution in [-0.4, -0.2) is 14.8 Å². The maximum atomic E-state index is 12.1. The summed E-state index contributed by atoms with van der Waals surface area (Å²) < 4.78 is 6.68. The zero-order valence-corrected chi connectivity index (χ0v) is 13.6. The van der Waals surface area contributed by atoms with Crippen LogP contribution in [-0.2, 0) is 19.4 Å². The van der Waals surface area contributed by atoms with Gasteiger partial charge in [0.05, 0.1) is 12.1 Å². The number of hydrogen-bond donors (Lipinski definition) is 0. The van der Waals surface area contributed by atoms with E-state index in [1.807, 2.05) is 48.5 Å². The fourth-order valence-electron chi connectivity index (χ4n) is 2.91. The minimum absolute atomic E-state index is 0.372. The molecule has 2 heterocycles. The van der Waals surface area contributed by atoms with E-state index in [0.29, 0.717) is 18.9 Å². The topological polar surface area (TPSA) is 60.9 Å². The predicted octanol–water partition coefficient (Wildman–Crippen LogP) is 3.22. The normalized spacial score (nSPS) is 11.0. The highest BCUT2D eigenvalue weighted by Gasteiger charge is 2.10. The standard InChI is InChI=1S/C20H17N3O2/c24-20-23(14-16-8-4-10-18-17(16)9-5-13-21-18)22-19(25-20)12-11-15-6-2-1-3-7-15/h1-10,13H,11-12,14H2. The molecule has 2 aromatic carbocycles. The van der Waals surface area contributed by atoms with E-state index in [2.05, 4.69) is 22.2 Å². The first-order valence-electron chi connectivity index (χ1n) is 8.23. The van der Waals surface area contributed by atoms with Crippen molar-refractivity contribution in [3.8, 4) is 0 Å².